The Hall–Kier alpha value is -3.12. The molecule has 6 rings (SSSR count). The van der Waals surface area contributed by atoms with Crippen LogP contribution in [0.25, 0.3) is 10.8 Å². The van der Waals surface area contributed by atoms with Crippen LogP contribution >= 0.6 is 11.6 Å². The topological polar surface area (TPSA) is 80.5 Å². The predicted octanol–water partition coefficient (Wildman–Crippen LogP) is 3.87. The summed E-state index contributed by atoms with van der Waals surface area (Å²) in [5, 5.41) is 15.7. The van der Waals surface area contributed by atoms with Gasteiger partial charge in [0.2, 0.25) is 0 Å². The number of nitrogens with zero attached hydrogens (tertiary/aromatic N) is 6. The standard InChI is InChI=1S/C29H34ClN7O/c1-35-13-9-20(16-35)19-38-29-33-25-18-36(26-7-3-5-21-4-2-6-24(30)27(21)26)14-10-23(25)28(34-29)37-15-12-32-22(17-37)8-11-31/h2-7,20,22,32H,8-10,12-19H2,1H3/t20-,22+/m1/s1. The number of fused-ring (bicyclic) bond motifs is 2. The molecule has 1 aromatic heterocycles. The molecule has 198 valence electrons. The van der Waals surface area contributed by atoms with E-state index >= 15 is 0 Å². The fourth-order valence-corrected chi connectivity index (χ4v) is 6.36. The highest BCUT2D eigenvalue weighted by Crippen LogP contribution is 2.37. The van der Waals surface area contributed by atoms with E-state index in [0.717, 1.165) is 85.1 Å². The van der Waals surface area contributed by atoms with Crippen LogP contribution in [-0.2, 0) is 13.0 Å². The second-order valence-corrected chi connectivity index (χ2v) is 11.1. The SMILES string of the molecule is CN1CC[C@@H](COc2nc3c(c(N4CCN[C@@H](CC#N)C4)n2)CCN(c2cccc4cccc(Cl)c24)C3)C1. The summed E-state index contributed by atoms with van der Waals surface area (Å²) in [5.74, 6) is 1.46. The largest absolute Gasteiger partial charge is 0.463 e. The maximum Gasteiger partial charge on any atom is 0.318 e. The highest BCUT2D eigenvalue weighted by Gasteiger charge is 2.30. The number of hydrogen-bond donors (Lipinski definition) is 1. The zero-order valence-corrected chi connectivity index (χ0v) is 22.6. The van der Waals surface area contributed by atoms with Gasteiger partial charge in [-0.3, -0.25) is 0 Å². The molecular weight excluding hydrogens is 498 g/mol. The molecule has 8 nitrogen and oxygen atoms in total. The van der Waals surface area contributed by atoms with Gasteiger partial charge in [0.25, 0.3) is 0 Å². The smallest absolute Gasteiger partial charge is 0.318 e. The number of halogens is 1. The first-order chi connectivity index (χ1) is 18.6. The third-order valence-electron chi connectivity index (χ3n) is 8.03. The van der Waals surface area contributed by atoms with Crippen molar-refractivity contribution in [3.63, 3.8) is 0 Å². The van der Waals surface area contributed by atoms with Gasteiger partial charge in [-0.05, 0) is 44.0 Å². The van der Waals surface area contributed by atoms with Gasteiger partial charge >= 0.3 is 6.01 Å². The molecule has 1 N–H and O–H groups in total. The highest BCUT2D eigenvalue weighted by molar-refractivity contribution is 6.36. The van der Waals surface area contributed by atoms with Crippen molar-refractivity contribution in [2.45, 2.75) is 31.8 Å². The molecule has 0 spiro atoms. The Bertz CT molecular complexity index is 1350. The average molecular weight is 532 g/mol. The van der Waals surface area contributed by atoms with E-state index in [1.807, 2.05) is 12.1 Å². The molecule has 2 saturated heterocycles. The van der Waals surface area contributed by atoms with Crippen LogP contribution in [0.15, 0.2) is 36.4 Å². The molecule has 3 aliphatic heterocycles. The first-order valence-electron chi connectivity index (χ1n) is 13.6. The maximum atomic E-state index is 9.26. The van der Waals surface area contributed by atoms with E-state index in [1.54, 1.807) is 0 Å². The van der Waals surface area contributed by atoms with Gasteiger partial charge < -0.3 is 24.8 Å². The molecule has 0 saturated carbocycles. The van der Waals surface area contributed by atoms with Gasteiger partial charge in [0, 0.05) is 61.3 Å². The summed E-state index contributed by atoms with van der Waals surface area (Å²) in [6, 6.07) is 15.3. The molecule has 3 aromatic rings. The summed E-state index contributed by atoms with van der Waals surface area (Å²) in [6.07, 6.45) is 2.46. The molecule has 2 fully saturated rings. The minimum atomic E-state index is 0.135. The van der Waals surface area contributed by atoms with Crippen molar-refractivity contribution in [1.82, 2.24) is 20.2 Å². The van der Waals surface area contributed by atoms with Crippen molar-refractivity contribution < 1.29 is 4.74 Å². The van der Waals surface area contributed by atoms with Crippen molar-refractivity contribution in [1.29, 1.82) is 5.26 Å². The van der Waals surface area contributed by atoms with Crippen molar-refractivity contribution in [2.75, 3.05) is 62.7 Å². The van der Waals surface area contributed by atoms with Crippen LogP contribution in [0.4, 0.5) is 11.5 Å². The molecular formula is C29H34ClN7O. The van der Waals surface area contributed by atoms with Crippen LogP contribution in [0.1, 0.15) is 24.1 Å². The van der Waals surface area contributed by atoms with Gasteiger partial charge in [0.1, 0.15) is 5.82 Å². The molecule has 0 bridgehead atoms. The number of piperazine rings is 1. The molecule has 0 amide bonds. The Morgan fingerprint density at radius 3 is 2.79 bits per heavy atom. The number of rotatable bonds is 6. The molecule has 3 aliphatic rings. The van der Waals surface area contributed by atoms with Gasteiger partial charge in [-0.1, -0.05) is 35.9 Å². The van der Waals surface area contributed by atoms with E-state index in [4.69, 9.17) is 26.3 Å². The quantitative estimate of drug-likeness (QED) is 0.513. The van der Waals surface area contributed by atoms with Gasteiger partial charge in [-0.2, -0.15) is 15.2 Å². The Morgan fingerprint density at radius 2 is 1.97 bits per heavy atom. The highest BCUT2D eigenvalue weighted by atomic mass is 35.5. The van der Waals surface area contributed by atoms with Gasteiger partial charge in [-0.15, -0.1) is 0 Å². The maximum absolute atomic E-state index is 9.26. The zero-order chi connectivity index (χ0) is 26.1. The summed E-state index contributed by atoms with van der Waals surface area (Å²) in [7, 11) is 2.16. The summed E-state index contributed by atoms with van der Waals surface area (Å²) in [6.45, 7) is 6.74. The van der Waals surface area contributed by atoms with Gasteiger partial charge in [0.05, 0.1) is 36.4 Å². The van der Waals surface area contributed by atoms with Crippen molar-refractivity contribution >= 4 is 33.9 Å². The minimum absolute atomic E-state index is 0.135. The van der Waals surface area contributed by atoms with Crippen LogP contribution in [0, 0.1) is 17.2 Å². The van der Waals surface area contributed by atoms with Crippen molar-refractivity contribution in [3.05, 3.63) is 52.7 Å². The number of nitriles is 1. The predicted molar refractivity (Wildman–Crippen MR) is 151 cm³/mol. The van der Waals surface area contributed by atoms with E-state index in [2.05, 4.69) is 57.4 Å². The molecule has 0 unspecified atom stereocenters. The number of hydrogen-bond acceptors (Lipinski definition) is 8. The second-order valence-electron chi connectivity index (χ2n) is 10.7. The van der Waals surface area contributed by atoms with E-state index in [9.17, 15) is 5.26 Å². The number of benzene rings is 2. The average Bonchev–Trinajstić information content (AvgIpc) is 3.36. The summed E-state index contributed by atoms with van der Waals surface area (Å²) < 4.78 is 6.26. The Labute approximate surface area is 229 Å². The first kappa shape index (κ1) is 25.2. The monoisotopic (exact) mass is 531 g/mol. The lowest BCUT2D eigenvalue weighted by atomic mass is 10.0. The minimum Gasteiger partial charge on any atom is -0.463 e. The van der Waals surface area contributed by atoms with E-state index < -0.39 is 0 Å². The van der Waals surface area contributed by atoms with Crippen molar-refractivity contribution in [3.8, 4) is 12.1 Å². The number of anilines is 2. The normalized spacial score (nSPS) is 21.9. The molecule has 38 heavy (non-hydrogen) atoms. The van der Waals surface area contributed by atoms with Crippen LogP contribution in [0.3, 0.4) is 0 Å². The van der Waals surface area contributed by atoms with E-state index in [0.29, 0.717) is 31.5 Å². The first-order valence-corrected chi connectivity index (χ1v) is 14.0. The molecule has 0 aliphatic carbocycles. The third-order valence-corrected chi connectivity index (χ3v) is 8.34. The fraction of sp³-hybridized carbons (Fsp3) is 0.483. The summed E-state index contributed by atoms with van der Waals surface area (Å²) >= 11 is 6.68. The third kappa shape index (κ3) is 5.11. The lowest BCUT2D eigenvalue weighted by Crippen LogP contribution is -2.51. The molecule has 4 heterocycles. The van der Waals surface area contributed by atoms with Crippen LogP contribution in [0.2, 0.25) is 5.02 Å². The van der Waals surface area contributed by atoms with Gasteiger partial charge in [-0.25, -0.2) is 0 Å². The van der Waals surface area contributed by atoms with Gasteiger partial charge in [0.15, 0.2) is 0 Å². The van der Waals surface area contributed by atoms with Crippen LogP contribution in [0.5, 0.6) is 6.01 Å². The molecule has 0 radical (unpaired) electrons. The van der Waals surface area contributed by atoms with E-state index in [-0.39, 0.29) is 6.04 Å². The fourth-order valence-electron chi connectivity index (χ4n) is 6.08. The molecule has 2 aromatic carbocycles. The number of ether oxygens (including phenoxy) is 1. The zero-order valence-electron chi connectivity index (χ0n) is 21.9. The number of likely N-dealkylation sites (tertiary alicyclic amines) is 1. The molecule has 9 heteroatoms. The Balaban J connectivity index is 1.33. The number of nitrogens with one attached hydrogen (secondary N) is 1. The summed E-state index contributed by atoms with van der Waals surface area (Å²) in [5.41, 5.74) is 3.34. The Kier molecular flexibility index (Phi) is 7.24. The number of aromatic nitrogens is 2. The second kappa shape index (κ2) is 10.9. The van der Waals surface area contributed by atoms with Crippen LogP contribution in [-0.4, -0.2) is 73.8 Å². The van der Waals surface area contributed by atoms with Crippen LogP contribution < -0.4 is 19.9 Å². The summed E-state index contributed by atoms with van der Waals surface area (Å²) in [4.78, 5) is 17.0. The Morgan fingerprint density at radius 1 is 1.11 bits per heavy atom. The lowest BCUT2D eigenvalue weighted by molar-refractivity contribution is 0.231. The van der Waals surface area contributed by atoms with Crippen molar-refractivity contribution in [2.24, 2.45) is 5.92 Å². The molecule has 2 atom stereocenters. The lowest BCUT2D eigenvalue weighted by Gasteiger charge is -2.37. The van der Waals surface area contributed by atoms with E-state index in [1.165, 1.54) is 5.56 Å².